The summed E-state index contributed by atoms with van der Waals surface area (Å²) in [7, 11) is -5.37. The van der Waals surface area contributed by atoms with E-state index in [-0.39, 0.29) is 19.3 Å². The molecule has 1 fully saturated rings. The van der Waals surface area contributed by atoms with E-state index < -0.39 is 93.6 Å². The topological polar surface area (TPSA) is 245 Å². The second-order valence-electron chi connectivity index (χ2n) is 23.0. The van der Waals surface area contributed by atoms with E-state index in [1.165, 1.54) is 128 Å². The van der Waals surface area contributed by atoms with Crippen molar-refractivity contribution in [1.29, 1.82) is 0 Å². The van der Waals surface area contributed by atoms with Crippen LogP contribution in [-0.2, 0) is 47.2 Å². The van der Waals surface area contributed by atoms with Gasteiger partial charge in [-0.3, -0.25) is 23.7 Å². The Bertz CT molecular complexity index is 1530. The maximum atomic E-state index is 14.0. The van der Waals surface area contributed by atoms with Crippen LogP contribution < -0.4 is 5.32 Å². The number of nitrogens with one attached hydrogen (secondary N) is 1. The molecule has 8 atom stereocenters. The van der Waals surface area contributed by atoms with E-state index in [2.05, 4.69) is 33.0 Å². The molecule has 1 aliphatic heterocycles. The number of aliphatic hydroxyl groups is 3. The van der Waals surface area contributed by atoms with Crippen LogP contribution >= 0.6 is 7.82 Å². The van der Waals surface area contributed by atoms with E-state index in [1.54, 1.807) is 0 Å². The van der Waals surface area contributed by atoms with Gasteiger partial charge in [0.1, 0.15) is 30.5 Å². The van der Waals surface area contributed by atoms with Crippen molar-refractivity contribution < 1.29 is 72.3 Å². The Labute approximate surface area is 479 Å². The van der Waals surface area contributed by atoms with Crippen molar-refractivity contribution in [2.24, 2.45) is 0 Å². The molecule has 17 heteroatoms. The van der Waals surface area contributed by atoms with Crippen molar-refractivity contribution in [3.05, 3.63) is 0 Å². The maximum Gasteiger partial charge on any atom is 0.470 e. The van der Waals surface area contributed by atoms with Crippen molar-refractivity contribution in [2.45, 2.75) is 366 Å². The molecular formula is C62H118NO15P. The Hall–Kier alpha value is -2.17. The fourth-order valence-electron chi connectivity index (χ4n) is 10.7. The van der Waals surface area contributed by atoms with E-state index >= 15 is 0 Å². The van der Waals surface area contributed by atoms with Crippen LogP contribution in [0.2, 0.25) is 0 Å². The van der Waals surface area contributed by atoms with E-state index in [0.29, 0.717) is 38.5 Å². The van der Waals surface area contributed by atoms with Gasteiger partial charge in [0.2, 0.25) is 5.91 Å². The van der Waals surface area contributed by atoms with Gasteiger partial charge in [-0.15, -0.1) is 0 Å². The molecule has 16 nitrogen and oxygen atoms in total. The highest BCUT2D eigenvalue weighted by atomic mass is 31.2. The van der Waals surface area contributed by atoms with Gasteiger partial charge in [0.25, 0.3) is 0 Å². The summed E-state index contributed by atoms with van der Waals surface area (Å²) in [5.41, 5.74) is 0. The number of phosphoric ester groups is 1. The van der Waals surface area contributed by atoms with Crippen LogP contribution in [0.1, 0.15) is 317 Å². The second kappa shape index (κ2) is 50.4. The summed E-state index contributed by atoms with van der Waals surface area (Å²) < 4.78 is 40.7. The molecule has 0 aromatic rings. The van der Waals surface area contributed by atoms with Crippen LogP contribution in [0.15, 0.2) is 0 Å². The zero-order chi connectivity index (χ0) is 58.2. The van der Waals surface area contributed by atoms with E-state index in [0.717, 1.165) is 96.3 Å². The highest BCUT2D eigenvalue weighted by Gasteiger charge is 2.51. The summed E-state index contributed by atoms with van der Waals surface area (Å²) in [6.45, 7) is 7.88. The van der Waals surface area contributed by atoms with E-state index in [9.17, 15) is 48.8 Å². The minimum absolute atomic E-state index is 0.187. The Morgan fingerprint density at radius 1 is 0.481 bits per heavy atom. The van der Waals surface area contributed by atoms with Crippen molar-refractivity contribution in [1.82, 2.24) is 5.32 Å². The molecule has 0 radical (unpaired) electrons. The predicted molar refractivity (Wildman–Crippen MR) is 313 cm³/mol. The number of aliphatic hydroxyl groups excluding tert-OH is 3. The lowest BCUT2D eigenvalue weighted by Crippen LogP contribution is -2.65. The normalized spacial score (nSPS) is 18.7. The summed E-state index contributed by atoms with van der Waals surface area (Å²) in [5.74, 6) is -2.79. The van der Waals surface area contributed by atoms with Gasteiger partial charge < -0.3 is 49.4 Å². The molecular weight excluding hydrogens is 1030 g/mol. The zero-order valence-electron chi connectivity index (χ0n) is 50.4. The zero-order valence-corrected chi connectivity index (χ0v) is 51.3. The molecule has 466 valence electrons. The lowest BCUT2D eigenvalue weighted by molar-refractivity contribution is -0.256. The number of ether oxygens (including phenoxy) is 4. The Morgan fingerprint density at radius 2 is 0.848 bits per heavy atom. The maximum absolute atomic E-state index is 14.0. The number of hydrogen-bond donors (Lipinski definition) is 6. The first kappa shape index (κ1) is 74.8. The molecule has 1 amide bonds. The number of hydrogen-bond acceptors (Lipinski definition) is 13. The van der Waals surface area contributed by atoms with Gasteiger partial charge in [-0.05, 0) is 38.5 Å². The third kappa shape index (κ3) is 42.3. The highest BCUT2D eigenvalue weighted by molar-refractivity contribution is 7.46. The summed E-state index contributed by atoms with van der Waals surface area (Å²) >= 11 is 0. The molecule has 0 aromatic heterocycles. The minimum atomic E-state index is -5.37. The number of amides is 1. The highest BCUT2D eigenvalue weighted by Crippen LogP contribution is 2.42. The third-order valence-electron chi connectivity index (χ3n) is 15.4. The van der Waals surface area contributed by atoms with Crippen LogP contribution in [0, 0.1) is 0 Å². The summed E-state index contributed by atoms with van der Waals surface area (Å²) in [4.78, 5) is 74.6. The Morgan fingerprint density at radius 3 is 1.25 bits per heavy atom. The fraction of sp³-hybridized carbons (Fsp3) is 0.935. The van der Waals surface area contributed by atoms with Gasteiger partial charge in [0.05, 0.1) is 32.0 Å². The number of rotatable bonds is 55. The van der Waals surface area contributed by atoms with Gasteiger partial charge in [0, 0.05) is 6.42 Å². The van der Waals surface area contributed by atoms with E-state index in [1.807, 2.05) is 0 Å². The molecule has 1 rings (SSSR count). The molecule has 0 aromatic carbocycles. The first-order valence-electron chi connectivity index (χ1n) is 32.4. The smallest absolute Gasteiger partial charge is 0.462 e. The molecule has 0 saturated carbocycles. The molecule has 6 N–H and O–H groups in total. The SMILES string of the molecule is CCCCCCCCCCCCCC(=O)O[C@H](CCCCCCCCCCC)CC(=O)O[C@@H]1[C@@H](NC(=O)C[C@@H](CCCCCCCCCCC)OC(=O)C[C@H](O)CCCCCCCCCCC)[C@@H](O)O[C@H](CO)[C@H]1OP(=O)(O)O. The van der Waals surface area contributed by atoms with Gasteiger partial charge in [-0.1, -0.05) is 252 Å². The number of esters is 3. The lowest BCUT2D eigenvalue weighted by Gasteiger charge is -2.43. The van der Waals surface area contributed by atoms with E-state index in [4.69, 9.17) is 23.5 Å². The second-order valence-corrected chi connectivity index (χ2v) is 24.2. The number of carbonyl (C=O) groups is 4. The Kier molecular flexibility index (Phi) is 47.7. The van der Waals surface area contributed by atoms with Crippen molar-refractivity contribution in [2.75, 3.05) is 6.61 Å². The standard InChI is InChI=1S/C62H118NO15P/c1-5-9-13-17-21-25-26-30-34-38-42-46-56(67)74-53(45-41-37-33-29-24-20-16-12-8-4)49-58(69)77-61-59(62(70)76-54(50-64)60(61)78-79(71,72)73)63-55(66)48-52(44-40-36-32-28-23-19-15-11-7-3)75-57(68)47-51(65)43-39-35-31-27-22-18-14-10-6-2/h51-54,59-62,64-65,70H,5-50H2,1-4H3,(H,63,66)(H2,71,72,73)/t51-,52-,53-,54-,59-,60-,61-,62+/m1/s1. The van der Waals surface area contributed by atoms with Gasteiger partial charge >= 0.3 is 25.7 Å². The van der Waals surface area contributed by atoms with Crippen LogP contribution in [-0.4, -0.2) is 104 Å². The first-order chi connectivity index (χ1) is 38.2. The monoisotopic (exact) mass is 1150 g/mol. The minimum Gasteiger partial charge on any atom is -0.462 e. The Balaban J connectivity index is 3.19. The van der Waals surface area contributed by atoms with Crippen LogP contribution in [0.3, 0.4) is 0 Å². The quantitative estimate of drug-likeness (QED) is 0.0144. The molecule has 1 saturated heterocycles. The lowest BCUT2D eigenvalue weighted by atomic mass is 9.96. The predicted octanol–water partition coefficient (Wildman–Crippen LogP) is 14.4. The molecule has 0 bridgehead atoms. The summed E-state index contributed by atoms with van der Waals surface area (Å²) in [6, 6.07) is -1.67. The largest absolute Gasteiger partial charge is 0.470 e. The molecule has 0 aliphatic carbocycles. The fourth-order valence-corrected chi connectivity index (χ4v) is 11.2. The molecule has 79 heavy (non-hydrogen) atoms. The average Bonchev–Trinajstić information content (AvgIpc) is 3.45. The number of phosphoric acid groups is 1. The average molecular weight is 1150 g/mol. The summed E-state index contributed by atoms with van der Waals surface area (Å²) in [6.07, 6.45) is 31.8. The van der Waals surface area contributed by atoms with Crippen LogP contribution in [0.4, 0.5) is 0 Å². The van der Waals surface area contributed by atoms with Crippen molar-refractivity contribution in [3.8, 4) is 0 Å². The first-order valence-corrected chi connectivity index (χ1v) is 33.9. The molecule has 0 unspecified atom stereocenters. The molecule has 1 heterocycles. The van der Waals surface area contributed by atoms with Crippen LogP contribution in [0.5, 0.6) is 0 Å². The number of unbranched alkanes of at least 4 members (excludes halogenated alkanes) is 34. The van der Waals surface area contributed by atoms with Gasteiger partial charge in [-0.2, -0.15) is 0 Å². The third-order valence-corrected chi connectivity index (χ3v) is 15.9. The van der Waals surface area contributed by atoms with Crippen molar-refractivity contribution in [3.63, 3.8) is 0 Å². The van der Waals surface area contributed by atoms with Gasteiger partial charge in [-0.25, -0.2) is 4.57 Å². The molecule has 0 spiro atoms. The number of carbonyl (C=O) groups excluding carboxylic acids is 4. The molecule has 1 aliphatic rings. The van der Waals surface area contributed by atoms with Gasteiger partial charge in [0.15, 0.2) is 12.4 Å². The van der Waals surface area contributed by atoms with Crippen LogP contribution in [0.25, 0.3) is 0 Å². The van der Waals surface area contributed by atoms with Crippen molar-refractivity contribution >= 4 is 31.6 Å². The summed E-state index contributed by atoms with van der Waals surface area (Å²) in [5, 5.41) is 35.0.